The van der Waals surface area contributed by atoms with Gasteiger partial charge in [0.05, 0.1) is 17.8 Å². The van der Waals surface area contributed by atoms with E-state index in [0.29, 0.717) is 36.7 Å². The molecule has 11 heteroatoms. The number of imidazole rings is 1. The van der Waals surface area contributed by atoms with E-state index in [1.807, 2.05) is 4.90 Å². The summed E-state index contributed by atoms with van der Waals surface area (Å²) in [4.78, 5) is 49.0. The van der Waals surface area contributed by atoms with Crippen molar-refractivity contribution in [1.29, 1.82) is 0 Å². The molecule has 1 aliphatic rings. The van der Waals surface area contributed by atoms with Gasteiger partial charge in [-0.15, -0.1) is 0 Å². The molecule has 0 radical (unpaired) electrons. The fourth-order valence-corrected chi connectivity index (χ4v) is 3.76. The lowest BCUT2D eigenvalue weighted by Crippen LogP contribution is -2.50. The zero-order valence-electron chi connectivity index (χ0n) is 16.8. The summed E-state index contributed by atoms with van der Waals surface area (Å²) in [7, 11) is 0. The number of halogens is 1. The molecular weight excluding hydrogens is 417 g/mol. The van der Waals surface area contributed by atoms with Crippen molar-refractivity contribution in [3.8, 4) is 11.3 Å². The van der Waals surface area contributed by atoms with Crippen LogP contribution in [0.4, 0.5) is 10.1 Å². The van der Waals surface area contributed by atoms with Gasteiger partial charge in [-0.1, -0.05) is 12.1 Å². The standard InChI is InChI=1S/C21H18FN7O3/c22-14-3-1-13(2-4-14)11-28-8-7-27(12-18(28)30)17-9-16(26-29-6-5-23-19(17)29)15-10-24-21(32)25-20(15)31/h1-6,9-10H,7-8,11-12H2,(H2,24,25,31,32). The molecule has 2 N–H and O–H groups in total. The molecule has 0 bridgehead atoms. The number of hydrogen-bond donors (Lipinski definition) is 2. The Balaban J connectivity index is 1.44. The van der Waals surface area contributed by atoms with E-state index in [-0.39, 0.29) is 23.8 Å². The molecular formula is C21H18FN7O3. The minimum atomic E-state index is -0.606. The quantitative estimate of drug-likeness (QED) is 0.489. The smallest absolute Gasteiger partial charge is 0.325 e. The highest BCUT2D eigenvalue weighted by Crippen LogP contribution is 2.26. The van der Waals surface area contributed by atoms with Crippen LogP contribution in [0.5, 0.6) is 0 Å². The van der Waals surface area contributed by atoms with Gasteiger partial charge in [0.2, 0.25) is 5.91 Å². The van der Waals surface area contributed by atoms with Gasteiger partial charge in [-0.25, -0.2) is 18.7 Å². The average Bonchev–Trinajstić information content (AvgIpc) is 3.25. The first-order valence-electron chi connectivity index (χ1n) is 9.92. The first-order valence-corrected chi connectivity index (χ1v) is 9.92. The summed E-state index contributed by atoms with van der Waals surface area (Å²) in [6.45, 7) is 1.54. The van der Waals surface area contributed by atoms with Crippen molar-refractivity contribution >= 4 is 17.2 Å². The number of carbonyl (C=O) groups excluding carboxylic acids is 1. The van der Waals surface area contributed by atoms with Gasteiger partial charge < -0.3 is 14.8 Å². The van der Waals surface area contributed by atoms with E-state index >= 15 is 0 Å². The lowest BCUT2D eigenvalue weighted by molar-refractivity contribution is -0.131. The molecule has 4 heterocycles. The Kier molecular flexibility index (Phi) is 4.77. The minimum Gasteiger partial charge on any atom is -0.357 e. The second-order valence-electron chi connectivity index (χ2n) is 7.46. The molecule has 5 rings (SSSR count). The van der Waals surface area contributed by atoms with Gasteiger partial charge in [-0.05, 0) is 23.8 Å². The van der Waals surface area contributed by atoms with Crippen LogP contribution in [0.25, 0.3) is 16.9 Å². The van der Waals surface area contributed by atoms with Crippen LogP contribution in [0, 0.1) is 5.82 Å². The van der Waals surface area contributed by atoms with Crippen LogP contribution in [-0.4, -0.2) is 55.0 Å². The first-order chi connectivity index (χ1) is 15.5. The molecule has 1 aromatic carbocycles. The number of fused-ring (bicyclic) bond motifs is 1. The topological polar surface area (TPSA) is 119 Å². The number of H-pyrrole nitrogens is 2. The summed E-state index contributed by atoms with van der Waals surface area (Å²) < 4.78 is 14.7. The van der Waals surface area contributed by atoms with E-state index in [1.54, 1.807) is 35.5 Å². The zero-order valence-corrected chi connectivity index (χ0v) is 16.8. The van der Waals surface area contributed by atoms with Crippen molar-refractivity contribution in [2.45, 2.75) is 6.54 Å². The number of aromatic amines is 2. The van der Waals surface area contributed by atoms with Crippen molar-refractivity contribution in [2.24, 2.45) is 0 Å². The SMILES string of the molecule is O=C1CN(c2cc(-c3c[nH]c(=O)[nH]c3=O)nn3ccnc23)CCN1Cc1ccc(F)cc1. The van der Waals surface area contributed by atoms with Crippen LogP contribution in [-0.2, 0) is 11.3 Å². The van der Waals surface area contributed by atoms with Crippen molar-refractivity contribution in [2.75, 3.05) is 24.5 Å². The second kappa shape index (κ2) is 7.76. The number of nitrogens with one attached hydrogen (secondary N) is 2. The van der Waals surface area contributed by atoms with Gasteiger partial charge in [-0.2, -0.15) is 5.10 Å². The fraction of sp³-hybridized carbons (Fsp3) is 0.190. The third-order valence-electron chi connectivity index (χ3n) is 5.38. The molecule has 1 saturated heterocycles. The largest absolute Gasteiger partial charge is 0.357 e. The summed E-state index contributed by atoms with van der Waals surface area (Å²) in [6, 6.07) is 7.78. The maximum absolute atomic E-state index is 13.1. The summed E-state index contributed by atoms with van der Waals surface area (Å²) in [5.41, 5.74) is 1.42. The summed E-state index contributed by atoms with van der Waals surface area (Å²) in [6.07, 6.45) is 4.54. The van der Waals surface area contributed by atoms with E-state index in [4.69, 9.17) is 0 Å². The Labute approximate surface area is 179 Å². The lowest BCUT2D eigenvalue weighted by Gasteiger charge is -2.35. The lowest BCUT2D eigenvalue weighted by atomic mass is 10.1. The molecule has 0 atom stereocenters. The molecule has 10 nitrogen and oxygen atoms in total. The zero-order chi connectivity index (χ0) is 22.2. The predicted octanol–water partition coefficient (Wildman–Crippen LogP) is 0.761. The predicted molar refractivity (Wildman–Crippen MR) is 114 cm³/mol. The fourth-order valence-electron chi connectivity index (χ4n) is 3.76. The highest BCUT2D eigenvalue weighted by Gasteiger charge is 2.26. The highest BCUT2D eigenvalue weighted by molar-refractivity contribution is 5.85. The van der Waals surface area contributed by atoms with Crippen molar-refractivity contribution in [3.63, 3.8) is 0 Å². The summed E-state index contributed by atoms with van der Waals surface area (Å²) in [5.74, 6) is -0.394. The van der Waals surface area contributed by atoms with E-state index in [1.165, 1.54) is 22.8 Å². The number of anilines is 1. The number of rotatable bonds is 4. The highest BCUT2D eigenvalue weighted by atomic mass is 19.1. The summed E-state index contributed by atoms with van der Waals surface area (Å²) >= 11 is 0. The van der Waals surface area contributed by atoms with Gasteiger partial charge in [0, 0.05) is 38.2 Å². The third kappa shape index (κ3) is 3.64. The molecule has 162 valence electrons. The van der Waals surface area contributed by atoms with Gasteiger partial charge in [0.1, 0.15) is 11.5 Å². The molecule has 0 spiro atoms. The van der Waals surface area contributed by atoms with Crippen molar-refractivity contribution < 1.29 is 9.18 Å². The Hall–Kier alpha value is -4.28. The van der Waals surface area contributed by atoms with Crippen LogP contribution >= 0.6 is 0 Å². The van der Waals surface area contributed by atoms with Gasteiger partial charge in [-0.3, -0.25) is 14.6 Å². The Bertz CT molecular complexity index is 1420. The number of nitrogens with zero attached hydrogens (tertiary/aromatic N) is 5. The molecule has 4 aromatic rings. The molecule has 1 aliphatic heterocycles. The molecule has 32 heavy (non-hydrogen) atoms. The average molecular weight is 435 g/mol. The maximum atomic E-state index is 13.1. The number of hydrogen-bond acceptors (Lipinski definition) is 6. The number of piperazine rings is 1. The van der Waals surface area contributed by atoms with E-state index in [2.05, 4.69) is 20.1 Å². The normalized spacial score (nSPS) is 14.3. The second-order valence-corrected chi connectivity index (χ2v) is 7.46. The van der Waals surface area contributed by atoms with Gasteiger partial charge >= 0.3 is 5.69 Å². The van der Waals surface area contributed by atoms with Gasteiger partial charge in [0.25, 0.3) is 5.56 Å². The third-order valence-corrected chi connectivity index (χ3v) is 5.38. The summed E-state index contributed by atoms with van der Waals surface area (Å²) in [5, 5.41) is 4.41. The Morgan fingerprint density at radius 2 is 1.91 bits per heavy atom. The van der Waals surface area contributed by atoms with Crippen molar-refractivity contribution in [3.05, 3.63) is 81.1 Å². The Morgan fingerprint density at radius 3 is 2.66 bits per heavy atom. The molecule has 0 aliphatic carbocycles. The van der Waals surface area contributed by atoms with Crippen LogP contribution in [0.1, 0.15) is 5.56 Å². The van der Waals surface area contributed by atoms with Crippen LogP contribution in [0.15, 0.2) is 58.5 Å². The van der Waals surface area contributed by atoms with Crippen LogP contribution in [0.2, 0.25) is 0 Å². The minimum absolute atomic E-state index is 0.0782. The van der Waals surface area contributed by atoms with E-state index < -0.39 is 11.2 Å². The number of benzene rings is 1. The van der Waals surface area contributed by atoms with Crippen molar-refractivity contribution in [1.82, 2.24) is 29.5 Å². The number of aromatic nitrogens is 5. The molecule has 3 aromatic heterocycles. The molecule has 1 amide bonds. The van der Waals surface area contributed by atoms with Gasteiger partial charge in [0.15, 0.2) is 5.65 Å². The molecule has 0 unspecified atom stereocenters. The molecule has 1 fully saturated rings. The maximum Gasteiger partial charge on any atom is 0.325 e. The van der Waals surface area contributed by atoms with E-state index in [0.717, 1.165) is 5.56 Å². The van der Waals surface area contributed by atoms with E-state index in [9.17, 15) is 18.8 Å². The number of carbonyl (C=O) groups is 1. The molecule has 0 saturated carbocycles. The number of amides is 1. The Morgan fingerprint density at radius 1 is 1.09 bits per heavy atom. The first kappa shape index (κ1) is 19.7. The van der Waals surface area contributed by atoms with Crippen LogP contribution < -0.4 is 16.1 Å². The van der Waals surface area contributed by atoms with Crippen LogP contribution in [0.3, 0.4) is 0 Å². The monoisotopic (exact) mass is 435 g/mol.